The molecule has 0 bridgehead atoms. The Labute approximate surface area is 163 Å². The molecule has 1 amide bonds. The summed E-state index contributed by atoms with van der Waals surface area (Å²) in [5.74, 6) is -1.22. The summed E-state index contributed by atoms with van der Waals surface area (Å²) in [6.07, 6.45) is -0.0511. The monoisotopic (exact) mass is 400 g/mol. The van der Waals surface area contributed by atoms with Crippen LogP contribution in [0, 0.1) is 18.3 Å². The molecule has 2 aromatic rings. The van der Waals surface area contributed by atoms with Gasteiger partial charge in [-0.05, 0) is 46.0 Å². The van der Waals surface area contributed by atoms with Gasteiger partial charge in [-0.1, -0.05) is 13.8 Å². The number of aromatic amines is 1. The van der Waals surface area contributed by atoms with E-state index in [1.165, 1.54) is 6.07 Å². The van der Waals surface area contributed by atoms with Gasteiger partial charge in [-0.25, -0.2) is 4.79 Å². The average molecular weight is 400 g/mol. The zero-order valence-electron chi connectivity index (χ0n) is 15.8. The van der Waals surface area contributed by atoms with Gasteiger partial charge in [-0.15, -0.1) is 0 Å². The molecule has 0 aliphatic rings. The fourth-order valence-corrected chi connectivity index (χ4v) is 3.13. The highest BCUT2D eigenvalue weighted by atomic mass is 31.0. The Morgan fingerprint density at radius 2 is 1.96 bits per heavy atom. The lowest BCUT2D eigenvalue weighted by molar-refractivity contribution is -0.119. The Morgan fingerprint density at radius 1 is 1.29 bits per heavy atom. The van der Waals surface area contributed by atoms with Crippen molar-refractivity contribution in [3.05, 3.63) is 67.0 Å². The molecule has 0 aliphatic heterocycles. The van der Waals surface area contributed by atoms with Crippen molar-refractivity contribution in [1.82, 2.24) is 14.6 Å². The first kappa shape index (κ1) is 21.3. The first-order valence-corrected chi connectivity index (χ1v) is 9.20. The molecule has 1 aromatic heterocycles. The number of hydrogen-bond donors (Lipinski definition) is 2. The van der Waals surface area contributed by atoms with Crippen LogP contribution in [0.1, 0.15) is 58.9 Å². The first-order chi connectivity index (χ1) is 13.2. The van der Waals surface area contributed by atoms with Crippen LogP contribution >= 0.6 is 9.39 Å². The lowest BCUT2D eigenvalue weighted by Gasteiger charge is -2.17. The Kier molecular flexibility index (Phi) is 6.66. The lowest BCUT2D eigenvalue weighted by Crippen LogP contribution is -2.38. The molecule has 0 spiro atoms. The van der Waals surface area contributed by atoms with E-state index in [1.807, 2.05) is 6.07 Å². The summed E-state index contributed by atoms with van der Waals surface area (Å²) >= 11 is 0. The molecule has 1 unspecified atom stereocenters. The highest BCUT2D eigenvalue weighted by molar-refractivity contribution is 7.15. The number of amides is 1. The zero-order chi connectivity index (χ0) is 21.0. The van der Waals surface area contributed by atoms with Crippen molar-refractivity contribution in [2.75, 3.05) is 0 Å². The number of aryl methyl sites for hydroxylation is 1. The van der Waals surface area contributed by atoms with E-state index in [0.717, 1.165) is 4.57 Å². The number of nitrogens with one attached hydrogen (secondary N) is 2. The van der Waals surface area contributed by atoms with E-state index < -0.39 is 17.0 Å². The molecule has 0 fully saturated rings. The normalized spacial score (nSPS) is 10.6. The third kappa shape index (κ3) is 4.44. The van der Waals surface area contributed by atoms with E-state index in [0.29, 0.717) is 11.1 Å². The number of nitrogens with zero attached hydrogens (tertiary/aromatic N) is 2. The van der Waals surface area contributed by atoms with Crippen molar-refractivity contribution in [1.29, 1.82) is 5.26 Å². The molecule has 1 heterocycles. The van der Waals surface area contributed by atoms with Crippen molar-refractivity contribution < 1.29 is 9.59 Å². The van der Waals surface area contributed by atoms with E-state index in [9.17, 15) is 24.4 Å². The van der Waals surface area contributed by atoms with Gasteiger partial charge in [0, 0.05) is 24.1 Å². The molecule has 0 saturated heterocycles. The number of rotatable bonds is 6. The van der Waals surface area contributed by atoms with Gasteiger partial charge in [0.25, 0.3) is 5.56 Å². The molecule has 1 atom stereocenters. The van der Waals surface area contributed by atoms with Gasteiger partial charge in [0.05, 0.1) is 11.6 Å². The smallest absolute Gasteiger partial charge is 0.328 e. The molecule has 0 radical (unpaired) electrons. The highest BCUT2D eigenvalue weighted by Gasteiger charge is 2.25. The highest BCUT2D eigenvalue weighted by Crippen LogP contribution is 2.20. The number of benzene rings is 1. The van der Waals surface area contributed by atoms with Crippen LogP contribution in [-0.2, 0) is 11.3 Å². The van der Waals surface area contributed by atoms with E-state index in [4.69, 9.17) is 0 Å². The van der Waals surface area contributed by atoms with Crippen LogP contribution in [-0.4, -0.2) is 21.2 Å². The molecular weight excluding hydrogens is 379 g/mol. The fraction of sp³-hybridized carbons (Fsp3) is 0.316. The van der Waals surface area contributed by atoms with Crippen LogP contribution in [0.3, 0.4) is 0 Å². The Balaban J connectivity index is 2.75. The second kappa shape index (κ2) is 8.77. The summed E-state index contributed by atoms with van der Waals surface area (Å²) in [6.45, 7) is 5.15. The summed E-state index contributed by atoms with van der Waals surface area (Å²) in [6, 6.07) is 6.64. The maximum Gasteiger partial charge on any atom is 0.328 e. The SMILES string of the molecule is Cc1cc(C#N)cc(C(=O)c2c(C(C)C)c(=O)[nH]c(=O)n2CCC(=O)NP)c1. The van der Waals surface area contributed by atoms with Crippen LogP contribution in [0.5, 0.6) is 0 Å². The Morgan fingerprint density at radius 3 is 2.54 bits per heavy atom. The van der Waals surface area contributed by atoms with Crippen LogP contribution in [0.25, 0.3) is 0 Å². The maximum absolute atomic E-state index is 13.3. The third-order valence-corrected chi connectivity index (χ3v) is 4.54. The summed E-state index contributed by atoms with van der Waals surface area (Å²) in [4.78, 5) is 52.0. The van der Waals surface area contributed by atoms with Crippen molar-refractivity contribution in [2.24, 2.45) is 0 Å². The number of carbonyl (C=O) groups excluding carboxylic acids is 2. The maximum atomic E-state index is 13.3. The van der Waals surface area contributed by atoms with Gasteiger partial charge in [-0.3, -0.25) is 23.9 Å². The minimum atomic E-state index is -0.762. The number of carbonyl (C=O) groups is 2. The van der Waals surface area contributed by atoms with Crippen LogP contribution < -0.4 is 16.3 Å². The average Bonchev–Trinajstić information content (AvgIpc) is 2.64. The van der Waals surface area contributed by atoms with Gasteiger partial charge < -0.3 is 5.09 Å². The summed E-state index contributed by atoms with van der Waals surface area (Å²) in [7, 11) is 2.07. The summed E-state index contributed by atoms with van der Waals surface area (Å²) in [5, 5.41) is 11.6. The molecule has 9 heteroatoms. The minimum Gasteiger partial charge on any atom is -0.341 e. The fourth-order valence-electron chi connectivity index (χ4n) is 2.98. The van der Waals surface area contributed by atoms with Gasteiger partial charge in [0.15, 0.2) is 0 Å². The number of nitriles is 1. The predicted octanol–water partition coefficient (Wildman–Crippen LogP) is 1.37. The van der Waals surface area contributed by atoms with Gasteiger partial charge >= 0.3 is 5.69 Å². The quantitative estimate of drug-likeness (QED) is 0.560. The topological polar surface area (TPSA) is 125 Å². The second-order valence-electron chi connectivity index (χ2n) is 6.67. The van der Waals surface area contributed by atoms with Crippen LogP contribution in [0.4, 0.5) is 0 Å². The molecular formula is C19H21N4O4P. The van der Waals surface area contributed by atoms with E-state index in [1.54, 1.807) is 32.9 Å². The summed E-state index contributed by atoms with van der Waals surface area (Å²) in [5.41, 5.74) is -0.0886. The van der Waals surface area contributed by atoms with Crippen LogP contribution in [0.2, 0.25) is 0 Å². The van der Waals surface area contributed by atoms with Crippen molar-refractivity contribution in [3.8, 4) is 6.07 Å². The number of aromatic nitrogens is 2. The van der Waals surface area contributed by atoms with E-state index in [-0.39, 0.29) is 41.6 Å². The van der Waals surface area contributed by atoms with Gasteiger partial charge in [-0.2, -0.15) is 5.26 Å². The largest absolute Gasteiger partial charge is 0.341 e. The first-order valence-electron chi connectivity index (χ1n) is 8.62. The number of H-pyrrole nitrogens is 1. The van der Waals surface area contributed by atoms with Gasteiger partial charge in [0.2, 0.25) is 11.7 Å². The Bertz CT molecular complexity index is 1090. The zero-order valence-corrected chi connectivity index (χ0v) is 17.0. The molecule has 146 valence electrons. The van der Waals surface area contributed by atoms with Crippen molar-refractivity contribution in [2.45, 2.75) is 39.7 Å². The molecule has 1 aromatic carbocycles. The van der Waals surface area contributed by atoms with Crippen molar-refractivity contribution >= 4 is 21.1 Å². The molecule has 8 nitrogen and oxygen atoms in total. The molecule has 0 saturated carbocycles. The van der Waals surface area contributed by atoms with Crippen molar-refractivity contribution in [3.63, 3.8) is 0 Å². The second-order valence-corrected chi connectivity index (χ2v) is 6.96. The molecule has 0 aliphatic carbocycles. The van der Waals surface area contributed by atoms with Gasteiger partial charge in [0.1, 0.15) is 5.69 Å². The van der Waals surface area contributed by atoms with E-state index >= 15 is 0 Å². The Hall–Kier alpha value is -3.04. The summed E-state index contributed by atoms with van der Waals surface area (Å²) < 4.78 is 1.12. The number of hydrogen-bond acceptors (Lipinski definition) is 5. The number of ketones is 1. The third-order valence-electron chi connectivity index (χ3n) is 4.22. The van der Waals surface area contributed by atoms with Crippen LogP contribution in [0.15, 0.2) is 27.8 Å². The minimum absolute atomic E-state index is 0.0511. The van der Waals surface area contributed by atoms with E-state index in [2.05, 4.69) is 19.5 Å². The molecule has 28 heavy (non-hydrogen) atoms. The lowest BCUT2D eigenvalue weighted by atomic mass is 9.95. The molecule has 2 N–H and O–H groups in total. The molecule has 2 rings (SSSR count). The standard InChI is InChI=1S/C19H21N4O4P/c1-10(2)15-16(17(25)13-7-11(3)6-12(8-13)9-20)23(5-4-14(24)22-28)19(27)21-18(15)26/h6-8,10H,4-5,28H2,1-3H3,(H,22,24)(H,21,26,27). The predicted molar refractivity (Wildman–Crippen MR) is 107 cm³/mol.